The first-order valence-electron chi connectivity index (χ1n) is 11.8. The molecule has 0 saturated carbocycles. The first-order valence-corrected chi connectivity index (χ1v) is 13.1. The second-order valence-electron chi connectivity index (χ2n) is 8.82. The number of ether oxygens (including phenoxy) is 1. The number of aryl methyl sites for hydroxylation is 1. The minimum absolute atomic E-state index is 0.0141. The van der Waals surface area contributed by atoms with Crippen molar-refractivity contribution >= 4 is 51.7 Å². The molecule has 9 heteroatoms. The maximum absolute atomic E-state index is 12.8. The zero-order chi connectivity index (χ0) is 25.9. The van der Waals surface area contributed by atoms with Gasteiger partial charge < -0.3 is 10.1 Å². The van der Waals surface area contributed by atoms with Crippen LogP contribution in [0.2, 0.25) is 5.02 Å². The number of para-hydroxylation sites is 1. The second kappa shape index (κ2) is 10.8. The van der Waals surface area contributed by atoms with Gasteiger partial charge in [-0.25, -0.2) is 5.01 Å². The van der Waals surface area contributed by atoms with Crippen LogP contribution in [-0.2, 0) is 9.59 Å². The van der Waals surface area contributed by atoms with Gasteiger partial charge in [-0.3, -0.25) is 9.59 Å². The summed E-state index contributed by atoms with van der Waals surface area (Å²) in [7, 11) is 1.63. The maximum atomic E-state index is 12.8. The van der Waals surface area contributed by atoms with E-state index in [0.29, 0.717) is 22.3 Å². The molecule has 0 saturated heterocycles. The summed E-state index contributed by atoms with van der Waals surface area (Å²) in [4.78, 5) is 29.8. The summed E-state index contributed by atoms with van der Waals surface area (Å²) in [6.45, 7) is 2.04. The van der Waals surface area contributed by atoms with Crippen molar-refractivity contribution in [2.75, 3.05) is 12.4 Å². The van der Waals surface area contributed by atoms with E-state index in [-0.39, 0.29) is 24.3 Å². The molecular formula is C28H25ClN4O3S. The van der Waals surface area contributed by atoms with Crippen LogP contribution in [0.15, 0.2) is 82.9 Å². The van der Waals surface area contributed by atoms with Gasteiger partial charge in [0.15, 0.2) is 5.17 Å². The predicted molar refractivity (Wildman–Crippen MR) is 148 cm³/mol. The van der Waals surface area contributed by atoms with Crippen molar-refractivity contribution < 1.29 is 14.3 Å². The van der Waals surface area contributed by atoms with Crippen LogP contribution in [0, 0.1) is 6.92 Å². The Balaban J connectivity index is 1.36. The van der Waals surface area contributed by atoms with Crippen LogP contribution in [0.3, 0.4) is 0 Å². The molecule has 3 aromatic rings. The number of halogens is 1. The van der Waals surface area contributed by atoms with Crippen molar-refractivity contribution in [2.24, 2.45) is 10.1 Å². The average molecular weight is 533 g/mol. The lowest BCUT2D eigenvalue weighted by Gasteiger charge is -2.23. The number of rotatable bonds is 6. The van der Waals surface area contributed by atoms with Gasteiger partial charge in [0.05, 0.1) is 29.6 Å². The van der Waals surface area contributed by atoms with E-state index < -0.39 is 5.25 Å². The largest absolute Gasteiger partial charge is 0.497 e. The lowest BCUT2D eigenvalue weighted by Crippen LogP contribution is -2.25. The third kappa shape index (κ3) is 5.55. The monoisotopic (exact) mass is 532 g/mol. The van der Waals surface area contributed by atoms with E-state index in [0.717, 1.165) is 28.2 Å². The SMILES string of the molecule is COc1ccc(C2=NN(C3=NC(=O)C(CC(=O)Nc4ccccc4Cl)S3)C(c3ccc(C)cc3)C2)cc1. The first-order chi connectivity index (χ1) is 17.9. The van der Waals surface area contributed by atoms with Crippen molar-refractivity contribution in [2.45, 2.75) is 31.1 Å². The van der Waals surface area contributed by atoms with Crippen molar-refractivity contribution in [3.63, 3.8) is 0 Å². The number of nitrogens with one attached hydrogen (secondary N) is 1. The van der Waals surface area contributed by atoms with E-state index >= 15 is 0 Å². The van der Waals surface area contributed by atoms with Crippen LogP contribution < -0.4 is 10.1 Å². The van der Waals surface area contributed by atoms with Gasteiger partial charge in [-0.1, -0.05) is 65.3 Å². The Morgan fingerprint density at radius 1 is 1.11 bits per heavy atom. The quantitative estimate of drug-likeness (QED) is 0.431. The molecule has 2 aliphatic heterocycles. The number of anilines is 1. The number of hydrogen-bond acceptors (Lipinski definition) is 6. The molecule has 5 rings (SSSR count). The Morgan fingerprint density at radius 3 is 2.54 bits per heavy atom. The number of hydrogen-bond donors (Lipinski definition) is 1. The van der Waals surface area contributed by atoms with E-state index in [1.54, 1.807) is 31.4 Å². The van der Waals surface area contributed by atoms with Crippen LogP contribution in [0.4, 0.5) is 5.69 Å². The Hall–Kier alpha value is -3.62. The number of thioether (sulfide) groups is 1. The Kier molecular flexibility index (Phi) is 7.30. The van der Waals surface area contributed by atoms with Crippen molar-refractivity contribution in [3.05, 3.63) is 94.5 Å². The zero-order valence-corrected chi connectivity index (χ0v) is 21.9. The normalized spacial score (nSPS) is 19.0. The molecule has 7 nitrogen and oxygen atoms in total. The minimum atomic E-state index is -0.628. The molecule has 3 aromatic carbocycles. The van der Waals surface area contributed by atoms with E-state index in [4.69, 9.17) is 21.4 Å². The van der Waals surface area contributed by atoms with Crippen molar-refractivity contribution in [1.29, 1.82) is 0 Å². The van der Waals surface area contributed by atoms with Crippen molar-refractivity contribution in [1.82, 2.24) is 5.01 Å². The average Bonchev–Trinajstić information content (AvgIpc) is 3.50. The van der Waals surface area contributed by atoms with Gasteiger partial charge in [-0.15, -0.1) is 0 Å². The molecule has 2 amide bonds. The Labute approximate surface area is 224 Å². The fourth-order valence-electron chi connectivity index (χ4n) is 4.23. The number of benzene rings is 3. The maximum Gasteiger partial charge on any atom is 0.262 e. The van der Waals surface area contributed by atoms with Crippen LogP contribution in [0.1, 0.15) is 35.6 Å². The Bertz CT molecular complexity index is 1390. The molecule has 0 aromatic heterocycles. The van der Waals surface area contributed by atoms with Gasteiger partial charge in [0.2, 0.25) is 5.91 Å². The highest BCUT2D eigenvalue weighted by atomic mass is 35.5. The van der Waals surface area contributed by atoms with E-state index in [9.17, 15) is 9.59 Å². The van der Waals surface area contributed by atoms with Gasteiger partial charge in [0, 0.05) is 12.8 Å². The smallest absolute Gasteiger partial charge is 0.262 e. The van der Waals surface area contributed by atoms with E-state index in [1.807, 2.05) is 36.2 Å². The second-order valence-corrected chi connectivity index (χ2v) is 10.4. The highest BCUT2D eigenvalue weighted by molar-refractivity contribution is 8.15. The summed E-state index contributed by atoms with van der Waals surface area (Å²) in [5.41, 5.74) is 4.62. The molecule has 0 fully saturated rings. The predicted octanol–water partition coefficient (Wildman–Crippen LogP) is 5.83. The third-order valence-corrected chi connectivity index (χ3v) is 7.71. The topological polar surface area (TPSA) is 83.4 Å². The molecule has 2 unspecified atom stereocenters. The molecule has 0 spiro atoms. The summed E-state index contributed by atoms with van der Waals surface area (Å²) in [6, 6.07) is 22.9. The molecule has 0 bridgehead atoms. The first kappa shape index (κ1) is 25.0. The molecule has 0 radical (unpaired) electrons. The number of hydrazone groups is 1. The summed E-state index contributed by atoms with van der Waals surface area (Å²) in [5, 5.41) is 9.80. The number of aliphatic imine (C=N–C) groups is 1. The number of nitrogens with zero attached hydrogens (tertiary/aromatic N) is 3. The standard InChI is InChI=1S/C28H25ClN4O3S/c1-17-7-9-19(10-8-17)24-15-23(18-11-13-20(36-2)14-12-18)32-33(24)28-31-27(35)25(37-28)16-26(34)30-22-6-4-3-5-21(22)29/h3-14,24-25H,15-16H2,1-2H3,(H,30,34). The van der Waals surface area contributed by atoms with Crippen LogP contribution in [0.25, 0.3) is 0 Å². The van der Waals surface area contributed by atoms with Crippen LogP contribution >= 0.6 is 23.4 Å². The molecule has 2 atom stereocenters. The molecular weight excluding hydrogens is 508 g/mol. The zero-order valence-electron chi connectivity index (χ0n) is 20.3. The highest BCUT2D eigenvalue weighted by Gasteiger charge is 2.39. The number of carbonyl (C=O) groups excluding carboxylic acids is 2. The van der Waals surface area contributed by atoms with Crippen LogP contribution in [-0.4, -0.2) is 40.1 Å². The summed E-state index contributed by atoms with van der Waals surface area (Å²) < 4.78 is 5.28. The van der Waals surface area contributed by atoms with Crippen molar-refractivity contribution in [3.8, 4) is 5.75 Å². The lowest BCUT2D eigenvalue weighted by molar-refractivity contribution is -0.121. The number of methoxy groups -OCH3 is 1. The van der Waals surface area contributed by atoms with Gasteiger partial charge in [0.25, 0.3) is 5.91 Å². The van der Waals surface area contributed by atoms with Crippen LogP contribution in [0.5, 0.6) is 5.75 Å². The molecule has 188 valence electrons. The fraction of sp³-hybridized carbons (Fsp3) is 0.214. The van der Waals surface area contributed by atoms with E-state index in [2.05, 4.69) is 34.6 Å². The van der Waals surface area contributed by atoms with Gasteiger partial charge in [-0.2, -0.15) is 10.1 Å². The highest BCUT2D eigenvalue weighted by Crippen LogP contribution is 2.39. The molecule has 2 heterocycles. The fourth-order valence-corrected chi connectivity index (χ4v) is 5.47. The Morgan fingerprint density at radius 2 is 1.84 bits per heavy atom. The lowest BCUT2D eigenvalue weighted by atomic mass is 9.98. The van der Waals surface area contributed by atoms with Gasteiger partial charge in [-0.05, 0) is 54.4 Å². The summed E-state index contributed by atoms with van der Waals surface area (Å²) in [5.74, 6) is 0.132. The molecule has 0 aliphatic carbocycles. The van der Waals surface area contributed by atoms with E-state index in [1.165, 1.54) is 11.8 Å². The molecule has 37 heavy (non-hydrogen) atoms. The number of carbonyl (C=O) groups is 2. The summed E-state index contributed by atoms with van der Waals surface area (Å²) >= 11 is 7.42. The third-order valence-electron chi connectivity index (χ3n) is 6.24. The number of amides is 2. The van der Waals surface area contributed by atoms with Gasteiger partial charge >= 0.3 is 0 Å². The molecule has 2 aliphatic rings. The summed E-state index contributed by atoms with van der Waals surface area (Å²) in [6.07, 6.45) is 0.640. The molecule has 1 N–H and O–H groups in total. The number of amidine groups is 1. The van der Waals surface area contributed by atoms with Gasteiger partial charge in [0.1, 0.15) is 11.0 Å². The minimum Gasteiger partial charge on any atom is -0.497 e.